The zero-order chi connectivity index (χ0) is 15.8. The van der Waals surface area contributed by atoms with Crippen LogP contribution in [0.5, 0.6) is 0 Å². The molecule has 0 aliphatic heterocycles. The van der Waals surface area contributed by atoms with Crippen molar-refractivity contribution < 1.29 is 14.3 Å². The number of rotatable bonds is 6. The molecule has 2 aromatic rings. The molecule has 22 heavy (non-hydrogen) atoms. The van der Waals surface area contributed by atoms with Crippen LogP contribution < -0.4 is 10.6 Å². The van der Waals surface area contributed by atoms with E-state index in [0.29, 0.717) is 6.54 Å². The first kappa shape index (κ1) is 15.5. The Morgan fingerprint density at radius 1 is 1.27 bits per heavy atom. The molecule has 0 unspecified atom stereocenters. The van der Waals surface area contributed by atoms with Crippen LogP contribution in [-0.2, 0) is 22.6 Å². The minimum absolute atomic E-state index is 0.0304. The van der Waals surface area contributed by atoms with Crippen LogP contribution in [0, 0.1) is 0 Å². The average Bonchev–Trinajstić information content (AvgIpc) is 2.93. The molecule has 1 aromatic heterocycles. The minimum atomic E-state index is -0.608. The highest BCUT2D eigenvalue weighted by atomic mass is 16.5. The third-order valence-electron chi connectivity index (χ3n) is 2.66. The maximum Gasteiger partial charge on any atom is 0.412 e. The Hall–Kier alpha value is -2.90. The van der Waals surface area contributed by atoms with Crippen molar-refractivity contribution in [2.75, 3.05) is 11.9 Å². The first-order chi connectivity index (χ1) is 10.7. The Labute approximate surface area is 127 Å². The molecule has 8 heteroatoms. The Balaban J connectivity index is 1.79. The summed E-state index contributed by atoms with van der Waals surface area (Å²) >= 11 is 0. The highest BCUT2D eigenvalue weighted by Gasteiger charge is 2.08. The summed E-state index contributed by atoms with van der Waals surface area (Å²) in [5, 5.41) is 13.0. The maximum absolute atomic E-state index is 11.8. The number of carbonyl (C=O) groups excluding carboxylic acids is 2. The molecule has 0 atom stereocenters. The van der Waals surface area contributed by atoms with Gasteiger partial charge in [-0.25, -0.2) is 4.79 Å². The summed E-state index contributed by atoms with van der Waals surface area (Å²) in [6.07, 6.45) is 0.740. The third-order valence-corrected chi connectivity index (χ3v) is 2.66. The van der Waals surface area contributed by atoms with E-state index in [9.17, 15) is 9.59 Å². The van der Waals surface area contributed by atoms with Gasteiger partial charge in [0.25, 0.3) is 0 Å². The molecule has 1 heterocycles. The van der Waals surface area contributed by atoms with Crippen LogP contribution in [0.1, 0.15) is 12.5 Å². The standard InChI is InChI=1S/C14H17N5O3/c1-2-22-14(21)17-12-9-16-19(18-12)10-13(20)15-8-11-6-4-3-5-7-11/h3-7,9H,2,8,10H2,1H3,(H,15,20)(H,17,18,21). The van der Waals surface area contributed by atoms with E-state index in [0.717, 1.165) is 5.56 Å². The second kappa shape index (κ2) is 7.77. The van der Waals surface area contributed by atoms with Gasteiger partial charge >= 0.3 is 6.09 Å². The molecule has 2 rings (SSSR count). The fourth-order valence-electron chi connectivity index (χ4n) is 1.68. The van der Waals surface area contributed by atoms with Crippen LogP contribution >= 0.6 is 0 Å². The van der Waals surface area contributed by atoms with Crippen LogP contribution in [0.4, 0.5) is 10.6 Å². The van der Waals surface area contributed by atoms with Gasteiger partial charge in [-0.1, -0.05) is 30.3 Å². The van der Waals surface area contributed by atoms with Crippen molar-refractivity contribution in [2.45, 2.75) is 20.0 Å². The van der Waals surface area contributed by atoms with Crippen LogP contribution in [-0.4, -0.2) is 33.6 Å². The molecular formula is C14H17N5O3. The molecule has 0 aliphatic carbocycles. The zero-order valence-corrected chi connectivity index (χ0v) is 12.2. The number of hydrogen-bond donors (Lipinski definition) is 2. The lowest BCUT2D eigenvalue weighted by Gasteiger charge is -2.04. The molecule has 8 nitrogen and oxygen atoms in total. The number of nitrogens with zero attached hydrogens (tertiary/aromatic N) is 3. The molecule has 1 aromatic carbocycles. The lowest BCUT2D eigenvalue weighted by atomic mass is 10.2. The van der Waals surface area contributed by atoms with Gasteiger partial charge in [-0.05, 0) is 12.5 Å². The number of carbonyl (C=O) groups is 2. The summed E-state index contributed by atoms with van der Waals surface area (Å²) in [7, 11) is 0. The number of amides is 2. The summed E-state index contributed by atoms with van der Waals surface area (Å²) in [6.45, 7) is 2.38. The second-order valence-electron chi connectivity index (χ2n) is 4.37. The maximum atomic E-state index is 11.8. The molecule has 2 amide bonds. The summed E-state index contributed by atoms with van der Waals surface area (Å²) in [5.41, 5.74) is 1.01. The van der Waals surface area contributed by atoms with E-state index < -0.39 is 6.09 Å². The number of hydrogen-bond acceptors (Lipinski definition) is 5. The first-order valence-electron chi connectivity index (χ1n) is 6.82. The van der Waals surface area contributed by atoms with Crippen LogP contribution in [0.2, 0.25) is 0 Å². The molecule has 116 valence electrons. The molecule has 0 bridgehead atoms. The largest absolute Gasteiger partial charge is 0.450 e. The van der Waals surface area contributed by atoms with Crippen molar-refractivity contribution in [1.29, 1.82) is 0 Å². The van der Waals surface area contributed by atoms with Gasteiger partial charge in [0.05, 0.1) is 12.8 Å². The van der Waals surface area contributed by atoms with E-state index in [4.69, 9.17) is 4.74 Å². The lowest BCUT2D eigenvalue weighted by molar-refractivity contribution is -0.122. The number of benzene rings is 1. The number of ether oxygens (including phenoxy) is 1. The van der Waals surface area contributed by atoms with Crippen molar-refractivity contribution in [3.05, 3.63) is 42.1 Å². The second-order valence-corrected chi connectivity index (χ2v) is 4.37. The number of anilines is 1. The van der Waals surface area contributed by atoms with Crippen LogP contribution in [0.25, 0.3) is 0 Å². The minimum Gasteiger partial charge on any atom is -0.450 e. The van der Waals surface area contributed by atoms with Gasteiger partial charge in [0.15, 0.2) is 5.82 Å². The van der Waals surface area contributed by atoms with Crippen molar-refractivity contribution in [3.8, 4) is 0 Å². The average molecular weight is 303 g/mol. The molecule has 0 aliphatic rings. The Morgan fingerprint density at radius 2 is 2.05 bits per heavy atom. The van der Waals surface area contributed by atoms with E-state index in [1.807, 2.05) is 30.3 Å². The predicted octanol–water partition coefficient (Wildman–Crippen LogP) is 1.16. The van der Waals surface area contributed by atoms with Gasteiger partial charge in [0.2, 0.25) is 5.91 Å². The van der Waals surface area contributed by atoms with Crippen LogP contribution in [0.3, 0.4) is 0 Å². The summed E-state index contributed by atoms with van der Waals surface area (Å²) < 4.78 is 4.72. The highest BCUT2D eigenvalue weighted by Crippen LogP contribution is 2.00. The predicted molar refractivity (Wildman–Crippen MR) is 79.0 cm³/mol. The van der Waals surface area contributed by atoms with Gasteiger partial charge in [-0.2, -0.15) is 9.90 Å². The lowest BCUT2D eigenvalue weighted by Crippen LogP contribution is -2.28. The quantitative estimate of drug-likeness (QED) is 0.834. The van der Waals surface area contributed by atoms with E-state index in [1.54, 1.807) is 6.92 Å². The van der Waals surface area contributed by atoms with Gasteiger partial charge < -0.3 is 10.1 Å². The Bertz CT molecular complexity index is 626. The van der Waals surface area contributed by atoms with E-state index in [-0.39, 0.29) is 24.9 Å². The molecular weight excluding hydrogens is 286 g/mol. The zero-order valence-electron chi connectivity index (χ0n) is 12.2. The summed E-state index contributed by atoms with van der Waals surface area (Å²) in [5.74, 6) is 0.0106. The summed E-state index contributed by atoms with van der Waals surface area (Å²) in [4.78, 5) is 24.2. The molecule has 0 radical (unpaired) electrons. The molecule has 0 saturated heterocycles. The van der Waals surface area contributed by atoms with Crippen molar-refractivity contribution in [1.82, 2.24) is 20.3 Å². The fraction of sp³-hybridized carbons (Fsp3) is 0.286. The van der Waals surface area contributed by atoms with Crippen molar-refractivity contribution in [3.63, 3.8) is 0 Å². The van der Waals surface area contributed by atoms with Gasteiger partial charge in [-0.3, -0.25) is 10.1 Å². The van der Waals surface area contributed by atoms with E-state index in [2.05, 4.69) is 20.8 Å². The summed E-state index contributed by atoms with van der Waals surface area (Å²) in [6, 6.07) is 9.58. The number of nitrogens with one attached hydrogen (secondary N) is 2. The Morgan fingerprint density at radius 3 is 2.77 bits per heavy atom. The Kier molecular flexibility index (Phi) is 5.47. The van der Waals surface area contributed by atoms with Crippen LogP contribution in [0.15, 0.2) is 36.5 Å². The monoisotopic (exact) mass is 303 g/mol. The van der Waals surface area contributed by atoms with E-state index >= 15 is 0 Å². The number of aromatic nitrogens is 3. The van der Waals surface area contributed by atoms with E-state index in [1.165, 1.54) is 11.0 Å². The smallest absolute Gasteiger partial charge is 0.412 e. The topological polar surface area (TPSA) is 98.1 Å². The molecule has 0 saturated carbocycles. The molecule has 2 N–H and O–H groups in total. The van der Waals surface area contributed by atoms with Crippen molar-refractivity contribution in [2.24, 2.45) is 0 Å². The van der Waals surface area contributed by atoms with Crippen molar-refractivity contribution >= 4 is 17.8 Å². The van der Waals surface area contributed by atoms with Gasteiger partial charge in [0.1, 0.15) is 6.54 Å². The molecule has 0 fully saturated rings. The normalized spacial score (nSPS) is 10.0. The highest BCUT2D eigenvalue weighted by molar-refractivity contribution is 5.83. The van der Waals surface area contributed by atoms with Gasteiger partial charge in [-0.15, -0.1) is 5.10 Å². The first-order valence-corrected chi connectivity index (χ1v) is 6.82. The fourth-order valence-corrected chi connectivity index (χ4v) is 1.68. The SMILES string of the molecule is CCOC(=O)Nc1cnn(CC(=O)NCc2ccccc2)n1. The molecule has 0 spiro atoms. The van der Waals surface area contributed by atoms with Gasteiger partial charge in [0, 0.05) is 6.54 Å². The third kappa shape index (κ3) is 4.89.